The van der Waals surface area contributed by atoms with E-state index in [1.807, 2.05) is 6.92 Å². The van der Waals surface area contributed by atoms with Crippen molar-refractivity contribution in [2.45, 2.75) is 19.8 Å². The minimum Gasteiger partial charge on any atom is -0.330 e. The van der Waals surface area contributed by atoms with Crippen LogP contribution in [0.1, 0.15) is 24.5 Å². The van der Waals surface area contributed by atoms with Crippen molar-refractivity contribution in [3.05, 3.63) is 35.4 Å². The van der Waals surface area contributed by atoms with Crippen LogP contribution in [-0.2, 0) is 6.42 Å². The highest BCUT2D eigenvalue weighted by atomic mass is 32.1. The molecule has 0 aliphatic rings. The lowest BCUT2D eigenvalue weighted by atomic mass is 10.1. The Hall–Kier alpha value is -0.910. The van der Waals surface area contributed by atoms with Gasteiger partial charge < -0.3 is 5.73 Å². The van der Waals surface area contributed by atoms with Crippen LogP contribution in [0.5, 0.6) is 0 Å². The summed E-state index contributed by atoms with van der Waals surface area (Å²) < 4.78 is 0. The number of benzene rings is 1. The summed E-state index contributed by atoms with van der Waals surface area (Å²) in [7, 11) is 0. The number of aryl methyl sites for hydroxylation is 1. The molecule has 0 aliphatic carbocycles. The van der Waals surface area contributed by atoms with Crippen molar-refractivity contribution in [3.8, 4) is 11.8 Å². The molecule has 15 heavy (non-hydrogen) atoms. The van der Waals surface area contributed by atoms with E-state index < -0.39 is 0 Å². The van der Waals surface area contributed by atoms with Gasteiger partial charge in [-0.25, -0.2) is 0 Å². The van der Waals surface area contributed by atoms with Gasteiger partial charge >= 0.3 is 0 Å². The Balaban J connectivity index is 0.000000921. The molecule has 0 saturated carbocycles. The highest BCUT2D eigenvalue weighted by Crippen LogP contribution is 2.05. The molecule has 1 nitrogen and oxygen atoms in total. The smallest absolute Gasteiger partial charge is 0.0245 e. The van der Waals surface area contributed by atoms with E-state index in [2.05, 4.69) is 48.7 Å². The molecule has 0 heterocycles. The normalized spacial score (nSPS) is 8.27. The predicted molar refractivity (Wildman–Crippen MR) is 71.3 cm³/mol. The van der Waals surface area contributed by atoms with Gasteiger partial charge in [0.1, 0.15) is 0 Å². The van der Waals surface area contributed by atoms with E-state index in [1.165, 1.54) is 5.56 Å². The van der Waals surface area contributed by atoms with Crippen LogP contribution in [0.4, 0.5) is 0 Å². The van der Waals surface area contributed by atoms with Crippen LogP contribution in [0.15, 0.2) is 24.3 Å². The van der Waals surface area contributed by atoms with Gasteiger partial charge in [0.25, 0.3) is 0 Å². The number of rotatable bonds is 3. The summed E-state index contributed by atoms with van der Waals surface area (Å²) in [5.41, 5.74) is 7.85. The summed E-state index contributed by atoms with van der Waals surface area (Å²) in [5.74, 6) is 5.89. The first-order valence-electron chi connectivity index (χ1n) is 5.03. The average molecular weight is 221 g/mol. The fraction of sp³-hybridized carbons (Fsp3) is 0.385. The van der Waals surface area contributed by atoms with Crippen LogP contribution >= 0.6 is 12.6 Å². The van der Waals surface area contributed by atoms with Gasteiger partial charge in [-0.2, -0.15) is 12.6 Å². The molecule has 82 valence electrons. The molecule has 2 heteroatoms. The molecule has 0 spiro atoms. The molecule has 0 amide bonds. The first-order valence-corrected chi connectivity index (χ1v) is 5.92. The van der Waals surface area contributed by atoms with Crippen molar-refractivity contribution >= 4 is 12.6 Å². The van der Waals surface area contributed by atoms with Crippen molar-refractivity contribution in [2.75, 3.05) is 12.8 Å². The van der Waals surface area contributed by atoms with Crippen LogP contribution in [0.2, 0.25) is 0 Å². The Labute approximate surface area is 98.5 Å². The van der Waals surface area contributed by atoms with E-state index in [0.717, 1.165) is 24.9 Å². The summed E-state index contributed by atoms with van der Waals surface area (Å²) in [6.45, 7) is 2.61. The molecule has 1 aromatic carbocycles. The fourth-order valence-electron chi connectivity index (χ4n) is 1.21. The van der Waals surface area contributed by atoms with Gasteiger partial charge in [-0.3, -0.25) is 0 Å². The summed E-state index contributed by atoms with van der Waals surface area (Å²) in [6.07, 6.45) is 3.81. The first kappa shape index (κ1) is 14.1. The molecule has 0 aromatic heterocycles. The van der Waals surface area contributed by atoms with E-state index >= 15 is 0 Å². The highest BCUT2D eigenvalue weighted by Gasteiger charge is 1.91. The quantitative estimate of drug-likeness (QED) is 0.595. The standard InChI is InChI=1S/C12H15N.CH4S/c1-2-4-11-6-8-12(9-7-11)5-3-10-13;1-2/h6-9H,3,5,10,13H2,1H3;2H,1H3. The van der Waals surface area contributed by atoms with Gasteiger partial charge in [0, 0.05) is 5.56 Å². The predicted octanol–water partition coefficient (Wildman–Crippen LogP) is 2.50. The Morgan fingerprint density at radius 2 is 1.80 bits per heavy atom. The first-order chi connectivity index (χ1) is 7.36. The topological polar surface area (TPSA) is 26.0 Å². The van der Waals surface area contributed by atoms with Gasteiger partial charge in [0.05, 0.1) is 0 Å². The van der Waals surface area contributed by atoms with Crippen LogP contribution in [0.25, 0.3) is 0 Å². The monoisotopic (exact) mass is 221 g/mol. The maximum absolute atomic E-state index is 5.43. The Morgan fingerprint density at radius 3 is 2.27 bits per heavy atom. The van der Waals surface area contributed by atoms with E-state index in [9.17, 15) is 0 Å². The zero-order chi connectivity index (χ0) is 11.5. The third kappa shape index (κ3) is 6.22. The second-order valence-electron chi connectivity index (χ2n) is 2.96. The zero-order valence-electron chi connectivity index (χ0n) is 9.46. The minimum atomic E-state index is 0.760. The lowest BCUT2D eigenvalue weighted by Crippen LogP contribution is -2.00. The van der Waals surface area contributed by atoms with Crippen molar-refractivity contribution in [1.29, 1.82) is 0 Å². The minimum absolute atomic E-state index is 0.760. The molecular weight excluding hydrogens is 202 g/mol. The second kappa shape index (κ2) is 9.64. The molecule has 1 rings (SSSR count). The molecular formula is C13H19NS. The zero-order valence-corrected chi connectivity index (χ0v) is 10.3. The van der Waals surface area contributed by atoms with E-state index in [4.69, 9.17) is 5.73 Å². The summed E-state index contributed by atoms with van der Waals surface area (Å²) in [6, 6.07) is 8.36. The van der Waals surface area contributed by atoms with Crippen molar-refractivity contribution in [3.63, 3.8) is 0 Å². The Kier molecular flexibility index (Phi) is 9.05. The van der Waals surface area contributed by atoms with Gasteiger partial charge in [0.15, 0.2) is 0 Å². The van der Waals surface area contributed by atoms with Crippen LogP contribution in [0.3, 0.4) is 0 Å². The molecule has 0 atom stereocenters. The summed E-state index contributed by atoms with van der Waals surface area (Å²) in [4.78, 5) is 0. The Bertz CT molecular complexity index is 306. The van der Waals surface area contributed by atoms with Crippen LogP contribution in [0, 0.1) is 11.8 Å². The molecule has 0 radical (unpaired) electrons. The Morgan fingerprint density at radius 1 is 1.20 bits per heavy atom. The number of thiol groups is 1. The van der Waals surface area contributed by atoms with Gasteiger partial charge in [-0.15, -0.1) is 5.92 Å². The largest absolute Gasteiger partial charge is 0.330 e. The van der Waals surface area contributed by atoms with E-state index in [-0.39, 0.29) is 0 Å². The van der Waals surface area contributed by atoms with Gasteiger partial charge in [-0.1, -0.05) is 18.1 Å². The third-order valence-electron chi connectivity index (χ3n) is 1.89. The highest BCUT2D eigenvalue weighted by molar-refractivity contribution is 7.79. The van der Waals surface area contributed by atoms with E-state index in [1.54, 1.807) is 6.26 Å². The lowest BCUT2D eigenvalue weighted by Gasteiger charge is -1.98. The second-order valence-corrected chi connectivity index (χ2v) is 2.96. The van der Waals surface area contributed by atoms with Crippen LogP contribution < -0.4 is 5.73 Å². The summed E-state index contributed by atoms with van der Waals surface area (Å²) in [5, 5.41) is 0. The number of hydrogen-bond donors (Lipinski definition) is 2. The molecule has 0 fully saturated rings. The molecule has 1 aromatic rings. The van der Waals surface area contributed by atoms with Crippen molar-refractivity contribution in [2.24, 2.45) is 5.73 Å². The van der Waals surface area contributed by atoms with Crippen LogP contribution in [-0.4, -0.2) is 12.8 Å². The fourth-order valence-corrected chi connectivity index (χ4v) is 1.21. The molecule has 0 unspecified atom stereocenters. The number of hydrogen-bond acceptors (Lipinski definition) is 2. The van der Waals surface area contributed by atoms with Gasteiger partial charge in [-0.05, 0) is 50.3 Å². The molecule has 2 N–H and O–H groups in total. The van der Waals surface area contributed by atoms with E-state index in [0.29, 0.717) is 0 Å². The maximum Gasteiger partial charge on any atom is 0.0245 e. The summed E-state index contributed by atoms with van der Waals surface area (Å²) >= 11 is 3.53. The maximum atomic E-state index is 5.43. The lowest BCUT2D eigenvalue weighted by molar-refractivity contribution is 0.832. The molecule has 0 aliphatic heterocycles. The van der Waals surface area contributed by atoms with Gasteiger partial charge in [0.2, 0.25) is 0 Å². The van der Waals surface area contributed by atoms with Crippen molar-refractivity contribution in [1.82, 2.24) is 0 Å². The average Bonchev–Trinajstić information content (AvgIpc) is 2.31. The van der Waals surface area contributed by atoms with Crippen molar-refractivity contribution < 1.29 is 0 Å². The SMILES string of the molecule is CC#Cc1ccc(CCCN)cc1.CS. The molecule has 0 bridgehead atoms. The molecule has 0 saturated heterocycles. The third-order valence-corrected chi connectivity index (χ3v) is 1.89. The number of nitrogens with two attached hydrogens (primary N) is 1.